The third-order valence-corrected chi connectivity index (χ3v) is 5.43. The molecule has 2 aliphatic rings. The fourth-order valence-electron chi connectivity index (χ4n) is 4.06. The Morgan fingerprint density at radius 1 is 1.00 bits per heavy atom. The molecule has 136 valence electrons. The zero-order valence-electron chi connectivity index (χ0n) is 15.6. The quantitative estimate of drug-likeness (QED) is 0.852. The van der Waals surface area contributed by atoms with Gasteiger partial charge in [0, 0.05) is 54.7 Å². The molecule has 3 heterocycles. The van der Waals surface area contributed by atoms with Gasteiger partial charge >= 0.3 is 0 Å². The number of anilines is 1. The molecular weight excluding hydrogens is 324 g/mol. The summed E-state index contributed by atoms with van der Waals surface area (Å²) in [4.78, 5) is 26.4. The van der Waals surface area contributed by atoms with Crippen LogP contribution in [-0.4, -0.2) is 47.0 Å². The highest BCUT2D eigenvalue weighted by Crippen LogP contribution is 2.27. The molecule has 0 radical (unpaired) electrons. The number of rotatable bonds is 3. The van der Waals surface area contributed by atoms with Crippen LogP contribution in [0.15, 0.2) is 30.3 Å². The second-order valence-electron chi connectivity index (χ2n) is 7.49. The molecule has 0 unspecified atom stereocenters. The minimum absolute atomic E-state index is 0.116. The highest BCUT2D eigenvalue weighted by Gasteiger charge is 2.30. The van der Waals surface area contributed by atoms with Crippen LogP contribution in [0, 0.1) is 13.8 Å². The highest BCUT2D eigenvalue weighted by atomic mass is 16.2. The number of amides is 1. The van der Waals surface area contributed by atoms with Gasteiger partial charge in [-0.3, -0.25) is 4.79 Å². The van der Waals surface area contributed by atoms with Crippen molar-refractivity contribution in [2.45, 2.75) is 39.0 Å². The van der Waals surface area contributed by atoms with Crippen molar-refractivity contribution in [2.24, 2.45) is 0 Å². The molecule has 1 aromatic heterocycles. The van der Waals surface area contributed by atoms with Crippen molar-refractivity contribution in [1.82, 2.24) is 14.9 Å². The molecule has 1 amide bonds. The molecule has 5 heteroatoms. The third-order valence-electron chi connectivity index (χ3n) is 5.43. The summed E-state index contributed by atoms with van der Waals surface area (Å²) in [5.74, 6) is 1.23. The maximum Gasteiger partial charge on any atom is 0.253 e. The lowest BCUT2D eigenvalue weighted by Crippen LogP contribution is -2.28. The number of likely N-dealkylation sites (tertiary alicyclic amines) is 1. The Hall–Kier alpha value is -2.43. The van der Waals surface area contributed by atoms with Gasteiger partial charge in [0.15, 0.2) is 0 Å². The average Bonchev–Trinajstić information content (AvgIpc) is 3.32. The monoisotopic (exact) mass is 350 g/mol. The first kappa shape index (κ1) is 17.0. The fourth-order valence-corrected chi connectivity index (χ4v) is 4.06. The van der Waals surface area contributed by atoms with Gasteiger partial charge in [-0.1, -0.05) is 0 Å². The molecule has 1 aromatic carbocycles. The van der Waals surface area contributed by atoms with Gasteiger partial charge in [0.05, 0.1) is 0 Å². The van der Waals surface area contributed by atoms with Crippen LogP contribution in [0.4, 0.5) is 5.69 Å². The molecule has 26 heavy (non-hydrogen) atoms. The number of aromatic nitrogens is 2. The molecule has 2 aromatic rings. The van der Waals surface area contributed by atoms with Crippen LogP contribution in [0.3, 0.4) is 0 Å². The summed E-state index contributed by atoms with van der Waals surface area (Å²) >= 11 is 0. The van der Waals surface area contributed by atoms with Crippen molar-refractivity contribution in [1.29, 1.82) is 0 Å². The van der Waals surface area contributed by atoms with E-state index in [4.69, 9.17) is 0 Å². The number of nitrogens with zero attached hydrogens (tertiary/aromatic N) is 4. The molecule has 0 saturated carbocycles. The number of hydrogen-bond donors (Lipinski definition) is 0. The van der Waals surface area contributed by atoms with Crippen LogP contribution in [0.5, 0.6) is 0 Å². The van der Waals surface area contributed by atoms with E-state index in [9.17, 15) is 4.79 Å². The Balaban J connectivity index is 1.44. The first-order valence-electron chi connectivity index (χ1n) is 9.56. The van der Waals surface area contributed by atoms with E-state index in [-0.39, 0.29) is 11.8 Å². The summed E-state index contributed by atoms with van der Waals surface area (Å²) in [5, 5.41) is 0. The van der Waals surface area contributed by atoms with Crippen LogP contribution in [0.1, 0.15) is 52.8 Å². The van der Waals surface area contributed by atoms with E-state index in [2.05, 4.69) is 27.0 Å². The molecule has 0 spiro atoms. The number of carbonyl (C=O) groups excluding carboxylic acids is 1. The van der Waals surface area contributed by atoms with E-state index in [1.54, 1.807) is 0 Å². The molecule has 0 aliphatic carbocycles. The SMILES string of the molecule is Cc1cc(C)nc([C@@H]2CCN(C(=O)c3ccc(N4CCCC4)cc3)C2)n1. The minimum Gasteiger partial charge on any atom is -0.372 e. The van der Waals surface area contributed by atoms with Gasteiger partial charge < -0.3 is 9.80 Å². The second-order valence-corrected chi connectivity index (χ2v) is 7.49. The minimum atomic E-state index is 0.116. The maximum absolute atomic E-state index is 12.9. The zero-order valence-corrected chi connectivity index (χ0v) is 15.6. The fraction of sp³-hybridized carbons (Fsp3) is 0.476. The van der Waals surface area contributed by atoms with Gasteiger partial charge in [0.1, 0.15) is 5.82 Å². The van der Waals surface area contributed by atoms with Gasteiger partial charge in [0.25, 0.3) is 5.91 Å². The highest BCUT2D eigenvalue weighted by molar-refractivity contribution is 5.94. The summed E-state index contributed by atoms with van der Waals surface area (Å²) in [6, 6.07) is 10.1. The van der Waals surface area contributed by atoms with Crippen molar-refractivity contribution in [3.63, 3.8) is 0 Å². The van der Waals surface area contributed by atoms with E-state index in [0.717, 1.165) is 48.8 Å². The standard InChI is InChI=1S/C21H26N4O/c1-15-13-16(2)23-20(22-15)18-9-12-25(14-18)21(26)17-5-7-19(8-6-17)24-10-3-4-11-24/h5-8,13,18H,3-4,9-12,14H2,1-2H3/t18-/m1/s1. The van der Waals surface area contributed by atoms with Gasteiger partial charge in [0.2, 0.25) is 0 Å². The van der Waals surface area contributed by atoms with Crippen molar-refractivity contribution in [2.75, 3.05) is 31.1 Å². The Bertz CT molecular complexity index is 776. The summed E-state index contributed by atoms with van der Waals surface area (Å²) in [7, 11) is 0. The lowest BCUT2D eigenvalue weighted by Gasteiger charge is -2.19. The van der Waals surface area contributed by atoms with E-state index < -0.39 is 0 Å². The van der Waals surface area contributed by atoms with Crippen LogP contribution in [0.2, 0.25) is 0 Å². The predicted molar refractivity (Wildman–Crippen MR) is 103 cm³/mol. The lowest BCUT2D eigenvalue weighted by atomic mass is 10.1. The van der Waals surface area contributed by atoms with E-state index in [1.807, 2.05) is 36.9 Å². The third kappa shape index (κ3) is 3.43. The van der Waals surface area contributed by atoms with E-state index >= 15 is 0 Å². The van der Waals surface area contributed by atoms with Crippen molar-refractivity contribution in [3.05, 3.63) is 53.1 Å². The topological polar surface area (TPSA) is 49.3 Å². The largest absolute Gasteiger partial charge is 0.372 e. The van der Waals surface area contributed by atoms with Gasteiger partial charge in [-0.2, -0.15) is 0 Å². The first-order chi connectivity index (χ1) is 12.6. The molecule has 5 nitrogen and oxygen atoms in total. The van der Waals surface area contributed by atoms with Crippen LogP contribution >= 0.6 is 0 Å². The molecule has 0 N–H and O–H groups in total. The van der Waals surface area contributed by atoms with Crippen LogP contribution in [0.25, 0.3) is 0 Å². The van der Waals surface area contributed by atoms with Crippen molar-refractivity contribution < 1.29 is 4.79 Å². The first-order valence-corrected chi connectivity index (χ1v) is 9.56. The van der Waals surface area contributed by atoms with Gasteiger partial charge in [-0.15, -0.1) is 0 Å². The number of aryl methyl sites for hydroxylation is 2. The smallest absolute Gasteiger partial charge is 0.253 e. The molecule has 1 atom stereocenters. The number of hydrogen-bond acceptors (Lipinski definition) is 4. The van der Waals surface area contributed by atoms with Crippen molar-refractivity contribution in [3.8, 4) is 0 Å². The summed E-state index contributed by atoms with van der Waals surface area (Å²) < 4.78 is 0. The Kier molecular flexibility index (Phi) is 4.62. The van der Waals surface area contributed by atoms with Crippen LogP contribution < -0.4 is 4.90 Å². The Morgan fingerprint density at radius 3 is 2.31 bits per heavy atom. The zero-order chi connectivity index (χ0) is 18.1. The molecule has 2 aliphatic heterocycles. The number of benzene rings is 1. The summed E-state index contributed by atoms with van der Waals surface area (Å²) in [6.07, 6.45) is 3.45. The average molecular weight is 350 g/mol. The molecular formula is C21H26N4O. The van der Waals surface area contributed by atoms with Crippen molar-refractivity contribution >= 4 is 11.6 Å². The van der Waals surface area contributed by atoms with Crippen LogP contribution in [-0.2, 0) is 0 Å². The maximum atomic E-state index is 12.9. The molecule has 4 rings (SSSR count). The summed E-state index contributed by atoms with van der Waals surface area (Å²) in [6.45, 7) is 7.72. The second kappa shape index (κ2) is 7.06. The Morgan fingerprint density at radius 2 is 1.65 bits per heavy atom. The van der Waals surface area contributed by atoms with E-state index in [1.165, 1.54) is 18.5 Å². The van der Waals surface area contributed by atoms with E-state index in [0.29, 0.717) is 6.54 Å². The normalized spacial score (nSPS) is 20.0. The number of carbonyl (C=O) groups is 1. The summed E-state index contributed by atoms with van der Waals surface area (Å²) in [5.41, 5.74) is 3.99. The van der Waals surface area contributed by atoms with Gasteiger partial charge in [-0.25, -0.2) is 9.97 Å². The molecule has 0 bridgehead atoms. The molecule has 2 saturated heterocycles. The lowest BCUT2D eigenvalue weighted by molar-refractivity contribution is 0.0790. The van der Waals surface area contributed by atoms with Gasteiger partial charge in [-0.05, 0) is 63.4 Å². The molecule has 2 fully saturated rings. The predicted octanol–water partition coefficient (Wildman–Crippen LogP) is 3.32. The Labute approximate surface area is 155 Å².